The summed E-state index contributed by atoms with van der Waals surface area (Å²) in [5, 5.41) is 0. The Bertz CT molecular complexity index is 163. The van der Waals surface area contributed by atoms with Crippen molar-refractivity contribution in [1.29, 1.82) is 0 Å². The molecule has 0 aromatic carbocycles. The third kappa shape index (κ3) is 2.27. The van der Waals surface area contributed by atoms with Gasteiger partial charge in [0.2, 0.25) is 6.29 Å². The van der Waals surface area contributed by atoms with Crippen LogP contribution in [0.5, 0.6) is 0 Å². The molecule has 0 saturated carbocycles. The fourth-order valence-corrected chi connectivity index (χ4v) is 0.995. The zero-order valence-corrected chi connectivity index (χ0v) is 7.22. The van der Waals surface area contributed by atoms with Crippen molar-refractivity contribution in [2.45, 2.75) is 39.1 Å². The third-order valence-electron chi connectivity index (χ3n) is 1.73. The van der Waals surface area contributed by atoms with Crippen molar-refractivity contribution in [3.05, 3.63) is 0 Å². The van der Waals surface area contributed by atoms with E-state index >= 15 is 0 Å². The van der Waals surface area contributed by atoms with Crippen LogP contribution in [0.4, 0.5) is 0 Å². The molecule has 1 aliphatic heterocycles. The zero-order valence-electron chi connectivity index (χ0n) is 7.22. The summed E-state index contributed by atoms with van der Waals surface area (Å²) >= 11 is 0. The van der Waals surface area contributed by atoms with Gasteiger partial charge in [0.1, 0.15) is 0 Å². The van der Waals surface area contributed by atoms with Crippen LogP contribution in [0.1, 0.15) is 27.2 Å². The van der Waals surface area contributed by atoms with Gasteiger partial charge in [-0.1, -0.05) is 0 Å². The highest BCUT2D eigenvalue weighted by atomic mass is 16.7. The fourth-order valence-electron chi connectivity index (χ4n) is 0.995. The topological polar surface area (TPSA) is 35.5 Å². The fraction of sp³-hybridized carbons (Fsp3) is 0.875. The van der Waals surface area contributed by atoms with Crippen molar-refractivity contribution in [2.75, 3.05) is 6.61 Å². The third-order valence-corrected chi connectivity index (χ3v) is 1.73. The second-order valence-corrected chi connectivity index (χ2v) is 3.44. The molecular weight excluding hydrogens is 144 g/mol. The molecule has 1 atom stereocenters. The Kier molecular flexibility index (Phi) is 2.30. The largest absolute Gasteiger partial charge is 0.346 e. The maximum atomic E-state index is 10.8. The maximum absolute atomic E-state index is 10.8. The van der Waals surface area contributed by atoms with Crippen LogP contribution in [0, 0.1) is 0 Å². The number of ether oxygens (including phenoxy) is 2. The van der Waals surface area contributed by atoms with Crippen LogP contribution < -0.4 is 0 Å². The molecule has 3 nitrogen and oxygen atoms in total. The lowest BCUT2D eigenvalue weighted by Crippen LogP contribution is -2.42. The average molecular weight is 158 g/mol. The van der Waals surface area contributed by atoms with Crippen LogP contribution in [-0.2, 0) is 14.3 Å². The molecule has 1 heterocycles. The quantitative estimate of drug-likeness (QED) is 0.573. The van der Waals surface area contributed by atoms with Gasteiger partial charge in [-0.15, -0.1) is 0 Å². The van der Waals surface area contributed by atoms with E-state index in [0.717, 1.165) is 6.42 Å². The molecule has 0 aromatic heterocycles. The highest BCUT2D eigenvalue weighted by molar-refractivity contribution is 5.79. The molecule has 0 spiro atoms. The first-order valence-electron chi connectivity index (χ1n) is 3.81. The lowest BCUT2D eigenvalue weighted by atomic mass is 10.0. The van der Waals surface area contributed by atoms with E-state index in [-0.39, 0.29) is 11.4 Å². The van der Waals surface area contributed by atoms with Gasteiger partial charge in [-0.05, 0) is 27.2 Å². The molecule has 0 aromatic rings. The molecule has 0 N–H and O–H groups in total. The van der Waals surface area contributed by atoms with Gasteiger partial charge in [0.05, 0.1) is 12.2 Å². The number of carbonyl (C=O) groups excluding carboxylic acids is 1. The lowest BCUT2D eigenvalue weighted by molar-refractivity contribution is -0.235. The molecule has 1 saturated heterocycles. The summed E-state index contributed by atoms with van der Waals surface area (Å²) in [6, 6.07) is 0. The van der Waals surface area contributed by atoms with Gasteiger partial charge in [0.15, 0.2) is 5.78 Å². The Morgan fingerprint density at radius 3 is 2.55 bits per heavy atom. The predicted molar refractivity (Wildman–Crippen MR) is 40.2 cm³/mol. The Hall–Kier alpha value is -0.410. The summed E-state index contributed by atoms with van der Waals surface area (Å²) in [5.74, 6) is -0.0576. The minimum Gasteiger partial charge on any atom is -0.346 e. The molecule has 1 fully saturated rings. The molecule has 1 rings (SSSR count). The summed E-state index contributed by atoms with van der Waals surface area (Å²) in [4.78, 5) is 10.8. The lowest BCUT2D eigenvalue weighted by Gasteiger charge is -2.34. The van der Waals surface area contributed by atoms with Crippen molar-refractivity contribution in [3.8, 4) is 0 Å². The summed E-state index contributed by atoms with van der Waals surface area (Å²) in [5.41, 5.74) is -0.214. The first kappa shape index (κ1) is 8.68. The van der Waals surface area contributed by atoms with Gasteiger partial charge in [-0.3, -0.25) is 4.79 Å². The standard InChI is InChI=1S/C8H14O3/c1-6(9)7-10-5-4-8(2,3)11-7/h7H,4-5H2,1-3H3/t7-/m1/s1. The first-order chi connectivity index (χ1) is 5.01. The van der Waals surface area contributed by atoms with Crippen LogP contribution >= 0.6 is 0 Å². The summed E-state index contributed by atoms with van der Waals surface area (Å²) in [6.07, 6.45) is 0.204. The van der Waals surface area contributed by atoms with E-state index in [1.807, 2.05) is 13.8 Å². The van der Waals surface area contributed by atoms with Crippen molar-refractivity contribution in [3.63, 3.8) is 0 Å². The van der Waals surface area contributed by atoms with Crippen molar-refractivity contribution >= 4 is 5.78 Å². The summed E-state index contributed by atoms with van der Waals surface area (Å²) in [6.45, 7) is 6.01. The van der Waals surface area contributed by atoms with E-state index in [4.69, 9.17) is 9.47 Å². The van der Waals surface area contributed by atoms with Gasteiger partial charge in [-0.2, -0.15) is 0 Å². The molecule has 0 unspecified atom stereocenters. The van der Waals surface area contributed by atoms with Gasteiger partial charge < -0.3 is 9.47 Å². The average Bonchev–Trinajstić information content (AvgIpc) is 1.85. The van der Waals surface area contributed by atoms with Crippen molar-refractivity contribution < 1.29 is 14.3 Å². The number of hydrogen-bond acceptors (Lipinski definition) is 3. The Morgan fingerprint density at radius 1 is 1.55 bits per heavy atom. The van der Waals surface area contributed by atoms with E-state index in [0.29, 0.717) is 6.61 Å². The van der Waals surface area contributed by atoms with Crippen molar-refractivity contribution in [2.24, 2.45) is 0 Å². The minimum atomic E-state index is -0.640. The molecule has 0 amide bonds. The van der Waals surface area contributed by atoms with Crippen LogP contribution in [0.2, 0.25) is 0 Å². The number of ketones is 1. The second-order valence-electron chi connectivity index (χ2n) is 3.44. The number of hydrogen-bond donors (Lipinski definition) is 0. The second kappa shape index (κ2) is 2.91. The molecule has 0 radical (unpaired) electrons. The summed E-state index contributed by atoms with van der Waals surface area (Å²) in [7, 11) is 0. The van der Waals surface area contributed by atoms with E-state index in [9.17, 15) is 4.79 Å². The highest BCUT2D eigenvalue weighted by Gasteiger charge is 2.31. The van der Waals surface area contributed by atoms with Crippen LogP contribution in [0.25, 0.3) is 0 Å². The zero-order chi connectivity index (χ0) is 8.48. The summed E-state index contributed by atoms with van der Waals surface area (Å²) < 4.78 is 10.5. The predicted octanol–water partition coefficient (Wildman–Crippen LogP) is 1.12. The Balaban J connectivity index is 2.53. The molecule has 11 heavy (non-hydrogen) atoms. The maximum Gasteiger partial charge on any atom is 0.217 e. The molecule has 0 aliphatic carbocycles. The molecule has 3 heteroatoms. The number of Topliss-reactive ketones (excluding diaryl/α,β-unsaturated/α-hetero) is 1. The first-order valence-corrected chi connectivity index (χ1v) is 3.81. The monoisotopic (exact) mass is 158 g/mol. The van der Waals surface area contributed by atoms with Gasteiger partial charge in [-0.25, -0.2) is 0 Å². The van der Waals surface area contributed by atoms with E-state index in [1.54, 1.807) is 0 Å². The van der Waals surface area contributed by atoms with Gasteiger partial charge in [0, 0.05) is 0 Å². The van der Waals surface area contributed by atoms with Gasteiger partial charge >= 0.3 is 0 Å². The van der Waals surface area contributed by atoms with E-state index < -0.39 is 6.29 Å². The molecular formula is C8H14O3. The smallest absolute Gasteiger partial charge is 0.217 e. The normalized spacial score (nSPS) is 29.9. The highest BCUT2D eigenvalue weighted by Crippen LogP contribution is 2.22. The molecule has 0 bridgehead atoms. The number of carbonyl (C=O) groups is 1. The van der Waals surface area contributed by atoms with E-state index in [1.165, 1.54) is 6.92 Å². The Labute approximate surface area is 66.7 Å². The van der Waals surface area contributed by atoms with Crippen LogP contribution in [-0.4, -0.2) is 24.3 Å². The van der Waals surface area contributed by atoms with Crippen molar-refractivity contribution in [1.82, 2.24) is 0 Å². The number of rotatable bonds is 1. The van der Waals surface area contributed by atoms with Crippen LogP contribution in [0.15, 0.2) is 0 Å². The SMILES string of the molecule is CC(=O)[C@@H]1OCCC(C)(C)O1. The minimum absolute atomic E-state index is 0.0576. The van der Waals surface area contributed by atoms with E-state index in [2.05, 4.69) is 0 Å². The molecule has 1 aliphatic rings. The Morgan fingerprint density at radius 2 is 2.18 bits per heavy atom. The van der Waals surface area contributed by atoms with Gasteiger partial charge in [0.25, 0.3) is 0 Å². The van der Waals surface area contributed by atoms with Crippen LogP contribution in [0.3, 0.4) is 0 Å². The molecule has 64 valence electrons.